The van der Waals surface area contributed by atoms with Crippen LogP contribution in [0.4, 0.5) is 0 Å². The first-order valence-electron chi connectivity index (χ1n) is 6.43. The molecular weight excluding hydrogens is 230 g/mol. The van der Waals surface area contributed by atoms with Crippen molar-refractivity contribution in [2.24, 2.45) is 0 Å². The van der Waals surface area contributed by atoms with Gasteiger partial charge in [-0.3, -0.25) is 4.90 Å². The Morgan fingerprint density at radius 3 is 2.59 bits per heavy atom. The molecule has 0 aliphatic rings. The lowest BCUT2D eigenvalue weighted by atomic mass is 10.3. The summed E-state index contributed by atoms with van der Waals surface area (Å²) >= 11 is 1.76. The minimum atomic E-state index is 0.519. The summed E-state index contributed by atoms with van der Waals surface area (Å²) < 4.78 is 0. The highest BCUT2D eigenvalue weighted by molar-refractivity contribution is 7.09. The average molecular weight is 255 g/mol. The summed E-state index contributed by atoms with van der Waals surface area (Å²) in [7, 11) is 0. The summed E-state index contributed by atoms with van der Waals surface area (Å²) in [6, 6.07) is 1.10. The average Bonchev–Trinajstić information content (AvgIpc) is 2.70. The molecule has 0 spiro atoms. The van der Waals surface area contributed by atoms with Gasteiger partial charge in [0, 0.05) is 30.6 Å². The molecule has 1 aromatic heterocycles. The van der Waals surface area contributed by atoms with Crippen molar-refractivity contribution in [1.82, 2.24) is 15.2 Å². The number of rotatable bonds is 7. The van der Waals surface area contributed by atoms with Crippen molar-refractivity contribution >= 4 is 11.3 Å². The second-order valence-corrected chi connectivity index (χ2v) is 5.87. The Labute approximate surface area is 109 Å². The molecule has 4 heteroatoms. The van der Waals surface area contributed by atoms with Crippen molar-refractivity contribution in [3.8, 4) is 0 Å². The van der Waals surface area contributed by atoms with Crippen LogP contribution in [0.3, 0.4) is 0 Å². The van der Waals surface area contributed by atoms with Crippen LogP contribution < -0.4 is 5.32 Å². The highest BCUT2D eigenvalue weighted by Gasteiger charge is 2.10. The largest absolute Gasteiger partial charge is 0.308 e. The van der Waals surface area contributed by atoms with E-state index in [1.54, 1.807) is 11.3 Å². The predicted molar refractivity (Wildman–Crippen MR) is 75.3 cm³/mol. The van der Waals surface area contributed by atoms with Crippen LogP contribution in [0.1, 0.15) is 45.3 Å². The van der Waals surface area contributed by atoms with Crippen LogP contribution in [0, 0.1) is 0 Å². The summed E-state index contributed by atoms with van der Waals surface area (Å²) in [4.78, 5) is 7.09. The zero-order valence-electron chi connectivity index (χ0n) is 11.7. The van der Waals surface area contributed by atoms with Gasteiger partial charge in [0.2, 0.25) is 0 Å². The Balaban J connectivity index is 2.50. The van der Waals surface area contributed by atoms with E-state index in [-0.39, 0.29) is 0 Å². The number of thiazole rings is 1. The molecule has 0 fully saturated rings. The van der Waals surface area contributed by atoms with E-state index >= 15 is 0 Å². The fourth-order valence-corrected chi connectivity index (χ4v) is 2.40. The number of hydrogen-bond donors (Lipinski definition) is 1. The molecule has 0 amide bonds. The van der Waals surface area contributed by atoms with E-state index < -0.39 is 0 Å². The maximum Gasteiger partial charge on any atom is 0.107 e. The SMILES string of the molecule is CCN(Cc1csc(CNC(C)C)n1)C(C)C. The van der Waals surface area contributed by atoms with Gasteiger partial charge < -0.3 is 5.32 Å². The summed E-state index contributed by atoms with van der Waals surface area (Å²) in [5.41, 5.74) is 1.20. The maximum atomic E-state index is 4.67. The Morgan fingerprint density at radius 2 is 2.06 bits per heavy atom. The van der Waals surface area contributed by atoms with E-state index in [1.807, 2.05) is 0 Å². The Morgan fingerprint density at radius 1 is 1.35 bits per heavy atom. The van der Waals surface area contributed by atoms with Crippen LogP contribution >= 0.6 is 11.3 Å². The zero-order valence-corrected chi connectivity index (χ0v) is 12.5. The van der Waals surface area contributed by atoms with Gasteiger partial charge in [0.25, 0.3) is 0 Å². The fraction of sp³-hybridized carbons (Fsp3) is 0.769. The van der Waals surface area contributed by atoms with Gasteiger partial charge in [0.05, 0.1) is 5.69 Å². The lowest BCUT2D eigenvalue weighted by Gasteiger charge is -2.23. The van der Waals surface area contributed by atoms with Crippen molar-refractivity contribution < 1.29 is 0 Å². The molecule has 0 saturated heterocycles. The van der Waals surface area contributed by atoms with Crippen molar-refractivity contribution in [1.29, 1.82) is 0 Å². The second-order valence-electron chi connectivity index (χ2n) is 4.93. The first-order valence-corrected chi connectivity index (χ1v) is 7.31. The van der Waals surface area contributed by atoms with Gasteiger partial charge in [0.15, 0.2) is 0 Å². The molecular formula is C13H25N3S. The van der Waals surface area contributed by atoms with Crippen molar-refractivity contribution in [3.63, 3.8) is 0 Å². The number of nitrogens with one attached hydrogen (secondary N) is 1. The molecule has 1 rings (SSSR count). The molecule has 0 aliphatic heterocycles. The monoisotopic (exact) mass is 255 g/mol. The number of aromatic nitrogens is 1. The molecule has 0 saturated carbocycles. The molecule has 1 N–H and O–H groups in total. The highest BCUT2D eigenvalue weighted by Crippen LogP contribution is 2.13. The molecule has 0 unspecified atom stereocenters. The molecule has 1 aromatic rings. The van der Waals surface area contributed by atoms with Crippen LogP contribution in [0.2, 0.25) is 0 Å². The minimum absolute atomic E-state index is 0.519. The summed E-state index contributed by atoms with van der Waals surface area (Å²) in [6.45, 7) is 13.9. The normalized spacial score (nSPS) is 12.0. The quantitative estimate of drug-likeness (QED) is 0.812. The predicted octanol–water partition coefficient (Wildman–Crippen LogP) is 2.87. The molecule has 0 aliphatic carbocycles. The topological polar surface area (TPSA) is 28.2 Å². The lowest BCUT2D eigenvalue weighted by Crippen LogP contribution is -2.30. The first kappa shape index (κ1) is 14.6. The van der Waals surface area contributed by atoms with Gasteiger partial charge in [-0.05, 0) is 20.4 Å². The van der Waals surface area contributed by atoms with E-state index in [2.05, 4.69) is 55.2 Å². The zero-order chi connectivity index (χ0) is 12.8. The van der Waals surface area contributed by atoms with Gasteiger partial charge in [-0.2, -0.15) is 0 Å². The van der Waals surface area contributed by atoms with Crippen LogP contribution in [0.5, 0.6) is 0 Å². The summed E-state index contributed by atoms with van der Waals surface area (Å²) in [6.07, 6.45) is 0. The first-order chi connectivity index (χ1) is 8.02. The van der Waals surface area contributed by atoms with Crippen LogP contribution in [0.25, 0.3) is 0 Å². The third-order valence-corrected chi connectivity index (χ3v) is 3.66. The van der Waals surface area contributed by atoms with E-state index in [1.165, 1.54) is 10.7 Å². The third-order valence-electron chi connectivity index (χ3n) is 2.76. The third kappa shape index (κ3) is 5.15. The Bertz CT molecular complexity index is 320. The summed E-state index contributed by atoms with van der Waals surface area (Å²) in [5.74, 6) is 0. The van der Waals surface area contributed by atoms with Crippen LogP contribution in [0.15, 0.2) is 5.38 Å². The molecule has 98 valence electrons. The van der Waals surface area contributed by atoms with Gasteiger partial charge in [-0.25, -0.2) is 4.98 Å². The van der Waals surface area contributed by atoms with E-state index in [9.17, 15) is 0 Å². The maximum absolute atomic E-state index is 4.67. The van der Waals surface area contributed by atoms with Crippen molar-refractivity contribution in [3.05, 3.63) is 16.1 Å². The minimum Gasteiger partial charge on any atom is -0.308 e. The standard InChI is InChI=1S/C13H25N3S/c1-6-16(11(4)5)8-12-9-17-13(15-12)7-14-10(2)3/h9-11,14H,6-8H2,1-5H3. The Hall–Kier alpha value is -0.450. The van der Waals surface area contributed by atoms with E-state index in [0.29, 0.717) is 12.1 Å². The Kier molecular flexibility index (Phi) is 6.09. The van der Waals surface area contributed by atoms with Crippen LogP contribution in [-0.4, -0.2) is 28.5 Å². The van der Waals surface area contributed by atoms with E-state index in [0.717, 1.165) is 19.6 Å². The fourth-order valence-electron chi connectivity index (χ4n) is 1.66. The smallest absolute Gasteiger partial charge is 0.107 e. The van der Waals surface area contributed by atoms with Gasteiger partial charge in [-0.1, -0.05) is 20.8 Å². The molecule has 0 aromatic carbocycles. The van der Waals surface area contributed by atoms with Crippen molar-refractivity contribution in [2.45, 2.75) is 59.8 Å². The van der Waals surface area contributed by atoms with Crippen LogP contribution in [-0.2, 0) is 13.1 Å². The van der Waals surface area contributed by atoms with Gasteiger partial charge >= 0.3 is 0 Å². The second kappa shape index (κ2) is 7.09. The number of hydrogen-bond acceptors (Lipinski definition) is 4. The molecule has 0 atom stereocenters. The highest BCUT2D eigenvalue weighted by atomic mass is 32.1. The molecule has 17 heavy (non-hydrogen) atoms. The molecule has 0 radical (unpaired) electrons. The lowest BCUT2D eigenvalue weighted by molar-refractivity contribution is 0.222. The van der Waals surface area contributed by atoms with Gasteiger partial charge in [0.1, 0.15) is 5.01 Å². The van der Waals surface area contributed by atoms with Gasteiger partial charge in [-0.15, -0.1) is 11.3 Å². The molecule has 1 heterocycles. The number of nitrogens with zero attached hydrogens (tertiary/aromatic N) is 2. The molecule has 3 nitrogen and oxygen atoms in total. The molecule has 0 bridgehead atoms. The summed E-state index contributed by atoms with van der Waals surface area (Å²) in [5, 5.41) is 6.77. The van der Waals surface area contributed by atoms with Crippen molar-refractivity contribution in [2.75, 3.05) is 6.54 Å². The van der Waals surface area contributed by atoms with E-state index in [4.69, 9.17) is 0 Å².